The van der Waals surface area contributed by atoms with Crippen LogP contribution < -0.4 is 0 Å². The Kier molecular flexibility index (Phi) is 5.20. The molecule has 0 bridgehead atoms. The highest BCUT2D eigenvalue weighted by atomic mass is 16.5. The Balaban J connectivity index is 2.52. The lowest BCUT2D eigenvalue weighted by Gasteiger charge is -2.04. The van der Waals surface area contributed by atoms with Crippen molar-refractivity contribution in [1.29, 1.82) is 0 Å². The molecule has 0 aliphatic heterocycles. The molecule has 2 nitrogen and oxygen atoms in total. The lowest BCUT2D eigenvalue weighted by Crippen LogP contribution is -2.03. The molecule has 0 fully saturated rings. The highest BCUT2D eigenvalue weighted by Crippen LogP contribution is 2.11. The van der Waals surface area contributed by atoms with Gasteiger partial charge in [-0.25, -0.2) is 0 Å². The Bertz CT molecular complexity index is 336. The average Bonchev–Trinajstić information content (AvgIpc) is 2.22. The molecule has 0 saturated carbocycles. The summed E-state index contributed by atoms with van der Waals surface area (Å²) in [4.78, 5) is 11.9. The molecule has 2 heteroatoms. The van der Waals surface area contributed by atoms with Crippen LogP contribution in [0.5, 0.6) is 0 Å². The van der Waals surface area contributed by atoms with Crippen LogP contribution in [0.2, 0.25) is 0 Å². The van der Waals surface area contributed by atoms with E-state index in [1.165, 1.54) is 0 Å². The molecule has 1 aromatic rings. The second-order valence-electron chi connectivity index (χ2n) is 4.10. The number of hydrogen-bond donors (Lipinski definition) is 0. The molecule has 1 rings (SSSR count). The molecule has 0 N–H and O–H groups in total. The first-order valence-electron chi connectivity index (χ1n) is 5.82. The summed E-state index contributed by atoms with van der Waals surface area (Å²) in [6, 6.07) is 5.99. The maximum atomic E-state index is 11.9. The number of ketones is 1. The molecule has 0 unspecified atom stereocenters. The van der Waals surface area contributed by atoms with Gasteiger partial charge < -0.3 is 4.74 Å². The third-order valence-corrected chi connectivity index (χ3v) is 2.44. The number of hydrogen-bond acceptors (Lipinski definition) is 2. The SMILES string of the molecule is CCOCCCC(=O)c1cc(C)cc(C)c1. The molecule has 0 aliphatic carbocycles. The van der Waals surface area contributed by atoms with Crippen molar-refractivity contribution in [1.82, 2.24) is 0 Å². The van der Waals surface area contributed by atoms with Gasteiger partial charge in [0, 0.05) is 25.2 Å². The fraction of sp³-hybridized carbons (Fsp3) is 0.500. The second-order valence-corrected chi connectivity index (χ2v) is 4.10. The van der Waals surface area contributed by atoms with Crippen LogP contribution in [-0.4, -0.2) is 19.0 Å². The van der Waals surface area contributed by atoms with Gasteiger partial charge in [0.2, 0.25) is 0 Å². The molecule has 0 aliphatic rings. The molecule has 0 radical (unpaired) electrons. The number of Topliss-reactive ketones (excluding diaryl/α,β-unsaturated/α-hetero) is 1. The Morgan fingerprint density at radius 2 is 1.81 bits per heavy atom. The number of benzene rings is 1. The normalized spacial score (nSPS) is 10.4. The van der Waals surface area contributed by atoms with E-state index >= 15 is 0 Å². The van der Waals surface area contributed by atoms with Gasteiger partial charge >= 0.3 is 0 Å². The zero-order valence-electron chi connectivity index (χ0n) is 10.4. The largest absolute Gasteiger partial charge is 0.382 e. The summed E-state index contributed by atoms with van der Waals surface area (Å²) in [6.45, 7) is 7.39. The number of carbonyl (C=O) groups is 1. The third kappa shape index (κ3) is 4.15. The minimum Gasteiger partial charge on any atom is -0.382 e. The van der Waals surface area contributed by atoms with Crippen LogP contribution in [0, 0.1) is 13.8 Å². The van der Waals surface area contributed by atoms with Crippen LogP contribution in [0.4, 0.5) is 0 Å². The van der Waals surface area contributed by atoms with Crippen molar-refractivity contribution >= 4 is 5.78 Å². The number of rotatable bonds is 6. The molecule has 16 heavy (non-hydrogen) atoms. The van der Waals surface area contributed by atoms with Gasteiger partial charge in [-0.3, -0.25) is 4.79 Å². The van der Waals surface area contributed by atoms with E-state index in [2.05, 4.69) is 6.07 Å². The van der Waals surface area contributed by atoms with Gasteiger partial charge in [-0.1, -0.05) is 17.2 Å². The van der Waals surface area contributed by atoms with E-state index in [9.17, 15) is 4.79 Å². The summed E-state index contributed by atoms with van der Waals surface area (Å²) in [5.74, 6) is 0.214. The van der Waals surface area contributed by atoms with Crippen LogP contribution in [0.3, 0.4) is 0 Å². The number of ether oxygens (including phenoxy) is 1. The van der Waals surface area contributed by atoms with Gasteiger partial charge in [0.1, 0.15) is 0 Å². The lowest BCUT2D eigenvalue weighted by atomic mass is 10.0. The number of carbonyl (C=O) groups excluding carboxylic acids is 1. The van der Waals surface area contributed by atoms with E-state index in [1.807, 2.05) is 32.9 Å². The quantitative estimate of drug-likeness (QED) is 0.543. The van der Waals surface area contributed by atoms with Crippen molar-refractivity contribution in [2.75, 3.05) is 13.2 Å². The highest BCUT2D eigenvalue weighted by Gasteiger charge is 2.06. The Morgan fingerprint density at radius 3 is 2.38 bits per heavy atom. The first kappa shape index (κ1) is 12.9. The standard InChI is InChI=1S/C14H20O2/c1-4-16-7-5-6-14(15)13-9-11(2)8-12(3)10-13/h8-10H,4-7H2,1-3H3. The average molecular weight is 220 g/mol. The van der Waals surface area contributed by atoms with Crippen molar-refractivity contribution in [3.05, 3.63) is 34.9 Å². The van der Waals surface area contributed by atoms with E-state index in [1.54, 1.807) is 0 Å². The predicted octanol–water partition coefficient (Wildman–Crippen LogP) is 3.30. The molecule has 0 atom stereocenters. The predicted molar refractivity (Wildman–Crippen MR) is 66.0 cm³/mol. The van der Waals surface area contributed by atoms with Crippen molar-refractivity contribution in [2.45, 2.75) is 33.6 Å². The summed E-state index contributed by atoms with van der Waals surface area (Å²) in [7, 11) is 0. The first-order valence-corrected chi connectivity index (χ1v) is 5.82. The van der Waals surface area contributed by atoms with Crippen molar-refractivity contribution in [3.63, 3.8) is 0 Å². The van der Waals surface area contributed by atoms with E-state index < -0.39 is 0 Å². The van der Waals surface area contributed by atoms with Crippen molar-refractivity contribution in [2.24, 2.45) is 0 Å². The molecule has 0 aromatic heterocycles. The van der Waals surface area contributed by atoms with Gasteiger partial charge in [-0.15, -0.1) is 0 Å². The molecular formula is C14H20O2. The zero-order valence-corrected chi connectivity index (χ0v) is 10.4. The first-order chi connectivity index (χ1) is 7.63. The van der Waals surface area contributed by atoms with Gasteiger partial charge in [0.05, 0.1) is 0 Å². The van der Waals surface area contributed by atoms with Crippen LogP contribution in [-0.2, 0) is 4.74 Å². The maximum Gasteiger partial charge on any atom is 0.162 e. The molecular weight excluding hydrogens is 200 g/mol. The fourth-order valence-electron chi connectivity index (χ4n) is 1.76. The van der Waals surface area contributed by atoms with Crippen LogP contribution >= 0.6 is 0 Å². The Hall–Kier alpha value is -1.15. The fourth-order valence-corrected chi connectivity index (χ4v) is 1.76. The summed E-state index contributed by atoms with van der Waals surface area (Å²) in [5, 5.41) is 0. The van der Waals surface area contributed by atoms with E-state index in [0.29, 0.717) is 13.0 Å². The molecule has 88 valence electrons. The molecule has 0 spiro atoms. The zero-order chi connectivity index (χ0) is 12.0. The van der Waals surface area contributed by atoms with Gasteiger partial charge in [0.15, 0.2) is 5.78 Å². The minimum absolute atomic E-state index is 0.214. The summed E-state index contributed by atoms with van der Waals surface area (Å²) >= 11 is 0. The molecule has 0 amide bonds. The highest BCUT2D eigenvalue weighted by molar-refractivity contribution is 5.96. The molecule has 1 aromatic carbocycles. The van der Waals surface area contributed by atoms with Gasteiger partial charge in [-0.05, 0) is 39.3 Å². The smallest absolute Gasteiger partial charge is 0.162 e. The topological polar surface area (TPSA) is 26.3 Å². The number of aryl methyl sites for hydroxylation is 2. The van der Waals surface area contributed by atoms with Gasteiger partial charge in [-0.2, -0.15) is 0 Å². The minimum atomic E-state index is 0.214. The molecule has 0 saturated heterocycles. The maximum absolute atomic E-state index is 11.9. The van der Waals surface area contributed by atoms with Gasteiger partial charge in [0.25, 0.3) is 0 Å². The van der Waals surface area contributed by atoms with Crippen LogP contribution in [0.15, 0.2) is 18.2 Å². The molecule has 0 heterocycles. The summed E-state index contributed by atoms with van der Waals surface area (Å²) in [5.41, 5.74) is 3.12. The third-order valence-electron chi connectivity index (χ3n) is 2.44. The summed E-state index contributed by atoms with van der Waals surface area (Å²) < 4.78 is 5.21. The monoisotopic (exact) mass is 220 g/mol. The van der Waals surface area contributed by atoms with Crippen molar-refractivity contribution < 1.29 is 9.53 Å². The second kappa shape index (κ2) is 6.44. The van der Waals surface area contributed by atoms with E-state index in [-0.39, 0.29) is 5.78 Å². The summed E-state index contributed by atoms with van der Waals surface area (Å²) in [6.07, 6.45) is 1.38. The lowest BCUT2D eigenvalue weighted by molar-refractivity contribution is 0.0947. The van der Waals surface area contributed by atoms with Crippen LogP contribution in [0.25, 0.3) is 0 Å². The van der Waals surface area contributed by atoms with E-state index in [0.717, 1.165) is 29.7 Å². The Morgan fingerprint density at radius 1 is 1.19 bits per heavy atom. The Labute approximate surface area is 97.6 Å². The van der Waals surface area contributed by atoms with Crippen LogP contribution in [0.1, 0.15) is 41.3 Å². The van der Waals surface area contributed by atoms with Crippen molar-refractivity contribution in [3.8, 4) is 0 Å². The van der Waals surface area contributed by atoms with E-state index in [4.69, 9.17) is 4.74 Å².